The van der Waals surface area contributed by atoms with Gasteiger partial charge in [0, 0.05) is 28.8 Å². The van der Waals surface area contributed by atoms with Gasteiger partial charge in [-0.3, -0.25) is 0 Å². The molecule has 0 aliphatic carbocycles. The van der Waals surface area contributed by atoms with Crippen LogP contribution in [0.3, 0.4) is 0 Å². The van der Waals surface area contributed by atoms with Crippen molar-refractivity contribution in [2.45, 2.75) is 45.6 Å². The Bertz CT molecular complexity index is 588. The maximum Gasteiger partial charge on any atom is 0.0453 e. The van der Waals surface area contributed by atoms with Gasteiger partial charge in [0.15, 0.2) is 0 Å². The number of hydrogen-bond acceptors (Lipinski definition) is 1. The molecule has 0 bridgehead atoms. The van der Waals surface area contributed by atoms with Crippen LogP contribution in [0, 0.1) is 6.92 Å². The predicted octanol–water partition coefficient (Wildman–Crippen LogP) is 4.28. The highest BCUT2D eigenvalue weighted by Gasteiger charge is 2.49. The zero-order chi connectivity index (χ0) is 13.8. The van der Waals surface area contributed by atoms with Crippen LogP contribution in [-0.4, -0.2) is 17.0 Å². The van der Waals surface area contributed by atoms with E-state index in [9.17, 15) is 0 Å². The average molecular weight is 253 g/mol. The van der Waals surface area contributed by atoms with Gasteiger partial charge < -0.3 is 4.90 Å². The molecule has 0 saturated heterocycles. The molecule has 3 rings (SSSR count). The molecule has 0 radical (unpaired) electrons. The fourth-order valence-corrected chi connectivity index (χ4v) is 3.46. The minimum atomic E-state index is 0.115. The van der Waals surface area contributed by atoms with E-state index in [1.807, 2.05) is 0 Å². The van der Waals surface area contributed by atoms with Gasteiger partial charge in [-0.25, -0.2) is 0 Å². The van der Waals surface area contributed by atoms with Crippen molar-refractivity contribution in [2.24, 2.45) is 0 Å². The van der Waals surface area contributed by atoms with Crippen molar-refractivity contribution in [1.29, 1.82) is 0 Å². The lowest BCUT2D eigenvalue weighted by Gasteiger charge is -2.56. The predicted molar refractivity (Wildman–Crippen MR) is 82.1 cm³/mol. The Labute approximate surface area is 116 Å². The summed E-state index contributed by atoms with van der Waals surface area (Å²) in [5.74, 6) is 0. The maximum atomic E-state index is 2.56. The number of aryl methyl sites for hydroxylation is 1. The van der Waals surface area contributed by atoms with Crippen molar-refractivity contribution in [3.8, 4) is 0 Å². The topological polar surface area (TPSA) is 3.24 Å². The summed E-state index contributed by atoms with van der Waals surface area (Å²) < 4.78 is 0. The Kier molecular flexibility index (Phi) is 2.47. The van der Waals surface area contributed by atoms with E-state index in [-0.39, 0.29) is 11.0 Å². The van der Waals surface area contributed by atoms with E-state index in [1.54, 1.807) is 0 Å². The fraction of sp³-hybridized carbons (Fsp3) is 0.444. The van der Waals surface area contributed by atoms with E-state index in [0.717, 1.165) is 6.54 Å². The van der Waals surface area contributed by atoms with Gasteiger partial charge in [0.2, 0.25) is 0 Å². The number of rotatable bonds is 0. The highest BCUT2D eigenvalue weighted by Crippen LogP contribution is 2.50. The number of fused-ring (bicyclic) bond motifs is 3. The summed E-state index contributed by atoms with van der Waals surface area (Å²) >= 11 is 0. The number of hydrogen-bond donors (Lipinski definition) is 0. The van der Waals surface area contributed by atoms with Gasteiger partial charge in [-0.1, -0.05) is 44.2 Å². The molecule has 0 amide bonds. The Morgan fingerprint density at radius 1 is 1.11 bits per heavy atom. The molecule has 19 heavy (non-hydrogen) atoms. The highest BCUT2D eigenvalue weighted by atomic mass is 15.2. The number of allylic oxidation sites excluding steroid dienone is 2. The first-order chi connectivity index (χ1) is 8.87. The zero-order valence-corrected chi connectivity index (χ0v) is 12.6. The van der Waals surface area contributed by atoms with Crippen LogP contribution < -0.4 is 0 Å². The van der Waals surface area contributed by atoms with Gasteiger partial charge in [-0.15, -0.1) is 0 Å². The number of benzene rings is 1. The molecule has 100 valence electrons. The molecule has 2 heterocycles. The molecule has 0 unspecified atom stereocenters. The van der Waals surface area contributed by atoms with Crippen LogP contribution in [0.2, 0.25) is 0 Å². The summed E-state index contributed by atoms with van der Waals surface area (Å²) in [5, 5.41) is 0. The van der Waals surface area contributed by atoms with E-state index < -0.39 is 0 Å². The second-order valence-electron chi connectivity index (χ2n) is 6.77. The largest absolute Gasteiger partial charge is 0.361 e. The minimum Gasteiger partial charge on any atom is -0.361 e. The van der Waals surface area contributed by atoms with Gasteiger partial charge in [0.25, 0.3) is 0 Å². The normalized spacial score (nSPS) is 22.6. The summed E-state index contributed by atoms with van der Waals surface area (Å²) in [6.45, 7) is 12.7. The number of nitrogens with zero attached hydrogens (tertiary/aromatic N) is 1. The zero-order valence-electron chi connectivity index (χ0n) is 12.6. The third-order valence-corrected chi connectivity index (χ3v) is 5.38. The first-order valence-corrected chi connectivity index (χ1v) is 7.12. The summed E-state index contributed by atoms with van der Waals surface area (Å²) in [7, 11) is 0. The highest BCUT2D eigenvalue weighted by molar-refractivity contribution is 5.76. The van der Waals surface area contributed by atoms with Crippen molar-refractivity contribution < 1.29 is 0 Å². The van der Waals surface area contributed by atoms with Crippen molar-refractivity contribution in [1.82, 2.24) is 4.90 Å². The molecule has 0 saturated carbocycles. The summed E-state index contributed by atoms with van der Waals surface area (Å²) in [6.07, 6.45) is 6.72. The SMILES string of the molecule is Cc1cccc2c1C1=CC=CCN1C(C)(C)C2(C)C. The van der Waals surface area contributed by atoms with Crippen molar-refractivity contribution >= 4 is 5.70 Å². The van der Waals surface area contributed by atoms with E-state index in [2.05, 4.69) is 75.9 Å². The third kappa shape index (κ3) is 1.47. The lowest BCUT2D eigenvalue weighted by Crippen LogP contribution is -2.59. The van der Waals surface area contributed by atoms with Gasteiger partial charge in [0.05, 0.1) is 0 Å². The Balaban J connectivity index is 2.37. The van der Waals surface area contributed by atoms with Crippen molar-refractivity contribution in [2.75, 3.05) is 6.54 Å². The van der Waals surface area contributed by atoms with Crippen LogP contribution in [0.15, 0.2) is 36.4 Å². The average Bonchev–Trinajstić information content (AvgIpc) is 2.37. The molecule has 0 aromatic heterocycles. The molecule has 1 heteroatoms. The second kappa shape index (κ2) is 3.75. The quantitative estimate of drug-likeness (QED) is 0.667. The monoisotopic (exact) mass is 253 g/mol. The van der Waals surface area contributed by atoms with Gasteiger partial charge >= 0.3 is 0 Å². The minimum absolute atomic E-state index is 0.115. The lowest BCUT2D eigenvalue weighted by molar-refractivity contribution is 0.111. The van der Waals surface area contributed by atoms with E-state index >= 15 is 0 Å². The molecule has 1 nitrogen and oxygen atoms in total. The van der Waals surface area contributed by atoms with Crippen molar-refractivity contribution in [3.63, 3.8) is 0 Å². The fourth-order valence-electron chi connectivity index (χ4n) is 3.46. The Hall–Kier alpha value is -1.50. The van der Waals surface area contributed by atoms with E-state index in [0.29, 0.717) is 0 Å². The Morgan fingerprint density at radius 2 is 1.84 bits per heavy atom. The molecule has 0 fully saturated rings. The van der Waals surface area contributed by atoms with Crippen LogP contribution >= 0.6 is 0 Å². The van der Waals surface area contributed by atoms with Gasteiger partial charge in [0.1, 0.15) is 0 Å². The van der Waals surface area contributed by atoms with Crippen LogP contribution in [0.4, 0.5) is 0 Å². The molecular formula is C18H23N. The molecule has 2 aliphatic heterocycles. The molecule has 0 spiro atoms. The van der Waals surface area contributed by atoms with Crippen LogP contribution in [0.5, 0.6) is 0 Å². The smallest absolute Gasteiger partial charge is 0.0453 e. The first kappa shape index (κ1) is 12.5. The second-order valence-corrected chi connectivity index (χ2v) is 6.77. The Morgan fingerprint density at radius 3 is 2.58 bits per heavy atom. The summed E-state index contributed by atoms with van der Waals surface area (Å²) in [6, 6.07) is 6.73. The standard InChI is InChI=1S/C18H23N/c1-13-9-8-10-14-16(13)15-11-6-7-12-19(15)18(4,5)17(14,2)3/h6-11H,12H2,1-5H3. The first-order valence-electron chi connectivity index (χ1n) is 7.12. The molecule has 1 aromatic rings. The molecule has 1 aromatic carbocycles. The molecule has 0 atom stereocenters. The van der Waals surface area contributed by atoms with Crippen molar-refractivity contribution in [3.05, 3.63) is 53.1 Å². The summed E-state index contributed by atoms with van der Waals surface area (Å²) in [4.78, 5) is 2.56. The van der Waals surface area contributed by atoms with E-state index in [1.165, 1.54) is 22.4 Å². The molecule has 2 aliphatic rings. The third-order valence-electron chi connectivity index (χ3n) is 5.38. The van der Waals surface area contributed by atoms with Crippen LogP contribution in [-0.2, 0) is 5.41 Å². The lowest BCUT2D eigenvalue weighted by atomic mass is 9.63. The maximum absolute atomic E-state index is 2.56. The van der Waals surface area contributed by atoms with Crippen LogP contribution in [0.25, 0.3) is 5.70 Å². The van der Waals surface area contributed by atoms with E-state index in [4.69, 9.17) is 0 Å². The molecule has 0 N–H and O–H groups in total. The summed E-state index contributed by atoms with van der Waals surface area (Å²) in [5.41, 5.74) is 5.94. The molecular weight excluding hydrogens is 230 g/mol. The van der Waals surface area contributed by atoms with Gasteiger partial charge in [-0.05, 0) is 38.0 Å². The van der Waals surface area contributed by atoms with Crippen LogP contribution in [0.1, 0.15) is 44.4 Å². The van der Waals surface area contributed by atoms with Gasteiger partial charge in [-0.2, -0.15) is 0 Å².